The Balaban J connectivity index is 2.74. The van der Waals surface area contributed by atoms with Crippen LogP contribution in [-0.2, 0) is 11.3 Å². The highest BCUT2D eigenvalue weighted by molar-refractivity contribution is 5.78. The SMILES string of the molecule is CC(CCN)C(=O)N(Cc1ccccc1)C(C)C. The molecule has 3 heteroatoms. The van der Waals surface area contributed by atoms with E-state index in [0.29, 0.717) is 13.1 Å². The highest BCUT2D eigenvalue weighted by Crippen LogP contribution is 2.14. The van der Waals surface area contributed by atoms with Crippen LogP contribution in [0.2, 0.25) is 0 Å². The molecule has 0 radical (unpaired) electrons. The summed E-state index contributed by atoms with van der Waals surface area (Å²) in [5, 5.41) is 0. The van der Waals surface area contributed by atoms with Crippen molar-refractivity contribution >= 4 is 5.91 Å². The van der Waals surface area contributed by atoms with Gasteiger partial charge in [-0.05, 0) is 32.4 Å². The van der Waals surface area contributed by atoms with Crippen molar-refractivity contribution in [3.8, 4) is 0 Å². The van der Waals surface area contributed by atoms with Crippen LogP contribution in [0.3, 0.4) is 0 Å². The minimum absolute atomic E-state index is 0.00103. The zero-order valence-electron chi connectivity index (χ0n) is 11.6. The van der Waals surface area contributed by atoms with Gasteiger partial charge < -0.3 is 10.6 Å². The van der Waals surface area contributed by atoms with Crippen LogP contribution in [-0.4, -0.2) is 23.4 Å². The first-order valence-electron chi connectivity index (χ1n) is 6.60. The fraction of sp³-hybridized carbons (Fsp3) is 0.533. The molecule has 0 aliphatic rings. The van der Waals surface area contributed by atoms with Gasteiger partial charge in [-0.3, -0.25) is 4.79 Å². The zero-order valence-corrected chi connectivity index (χ0v) is 11.6. The quantitative estimate of drug-likeness (QED) is 0.840. The second-order valence-electron chi connectivity index (χ2n) is 5.02. The molecule has 1 atom stereocenters. The molecule has 100 valence electrons. The van der Waals surface area contributed by atoms with Crippen LogP contribution in [0.25, 0.3) is 0 Å². The van der Waals surface area contributed by atoms with Crippen LogP contribution in [0.15, 0.2) is 30.3 Å². The first kappa shape index (κ1) is 14.7. The smallest absolute Gasteiger partial charge is 0.225 e. The maximum absolute atomic E-state index is 12.3. The van der Waals surface area contributed by atoms with Crippen LogP contribution >= 0.6 is 0 Å². The molecule has 0 bridgehead atoms. The van der Waals surface area contributed by atoms with Crippen LogP contribution in [0.5, 0.6) is 0 Å². The Morgan fingerprint density at radius 1 is 1.22 bits per heavy atom. The minimum Gasteiger partial charge on any atom is -0.336 e. The molecule has 0 spiro atoms. The van der Waals surface area contributed by atoms with Crippen molar-refractivity contribution in [3.63, 3.8) is 0 Å². The van der Waals surface area contributed by atoms with Crippen molar-refractivity contribution in [2.24, 2.45) is 11.7 Å². The fourth-order valence-electron chi connectivity index (χ4n) is 1.95. The van der Waals surface area contributed by atoms with E-state index in [9.17, 15) is 4.79 Å². The van der Waals surface area contributed by atoms with Gasteiger partial charge in [0.25, 0.3) is 0 Å². The molecule has 1 aromatic rings. The highest BCUT2D eigenvalue weighted by Gasteiger charge is 2.22. The van der Waals surface area contributed by atoms with E-state index in [1.165, 1.54) is 5.56 Å². The molecule has 1 amide bonds. The molecule has 2 N–H and O–H groups in total. The van der Waals surface area contributed by atoms with Gasteiger partial charge in [0, 0.05) is 18.5 Å². The van der Waals surface area contributed by atoms with E-state index in [-0.39, 0.29) is 17.9 Å². The lowest BCUT2D eigenvalue weighted by Gasteiger charge is -2.29. The second-order valence-corrected chi connectivity index (χ2v) is 5.02. The monoisotopic (exact) mass is 248 g/mol. The largest absolute Gasteiger partial charge is 0.336 e. The fourth-order valence-corrected chi connectivity index (χ4v) is 1.95. The molecule has 0 aromatic heterocycles. The average Bonchev–Trinajstić information content (AvgIpc) is 2.36. The average molecular weight is 248 g/mol. The van der Waals surface area contributed by atoms with Gasteiger partial charge in [-0.1, -0.05) is 37.3 Å². The van der Waals surface area contributed by atoms with Crippen LogP contribution in [0.1, 0.15) is 32.8 Å². The van der Waals surface area contributed by atoms with E-state index < -0.39 is 0 Å². The van der Waals surface area contributed by atoms with Gasteiger partial charge in [0.1, 0.15) is 0 Å². The van der Waals surface area contributed by atoms with Gasteiger partial charge in [0.2, 0.25) is 5.91 Å². The summed E-state index contributed by atoms with van der Waals surface area (Å²) in [6, 6.07) is 10.3. The van der Waals surface area contributed by atoms with Crippen molar-refractivity contribution in [2.75, 3.05) is 6.54 Å². The predicted octanol–water partition coefficient (Wildman–Crippen LogP) is 2.41. The van der Waals surface area contributed by atoms with Crippen molar-refractivity contribution in [1.82, 2.24) is 4.90 Å². The lowest BCUT2D eigenvalue weighted by Crippen LogP contribution is -2.40. The third-order valence-electron chi connectivity index (χ3n) is 3.12. The maximum atomic E-state index is 12.3. The Morgan fingerprint density at radius 3 is 2.33 bits per heavy atom. The van der Waals surface area contributed by atoms with E-state index in [2.05, 4.69) is 26.0 Å². The van der Waals surface area contributed by atoms with E-state index in [1.54, 1.807) is 0 Å². The Bertz CT molecular complexity index is 362. The molecule has 1 unspecified atom stereocenters. The lowest BCUT2D eigenvalue weighted by atomic mass is 10.0. The molecule has 0 aliphatic heterocycles. The summed E-state index contributed by atoms with van der Waals surface area (Å²) in [5.74, 6) is 0.195. The van der Waals surface area contributed by atoms with E-state index >= 15 is 0 Å². The molecule has 0 heterocycles. The third kappa shape index (κ3) is 4.15. The van der Waals surface area contributed by atoms with Crippen LogP contribution in [0.4, 0.5) is 0 Å². The van der Waals surface area contributed by atoms with Gasteiger partial charge in [0.15, 0.2) is 0 Å². The van der Waals surface area contributed by atoms with Gasteiger partial charge >= 0.3 is 0 Å². The Labute approximate surface area is 110 Å². The molecule has 1 aromatic carbocycles. The van der Waals surface area contributed by atoms with Crippen LogP contribution in [0, 0.1) is 5.92 Å². The first-order chi connectivity index (χ1) is 8.56. The summed E-state index contributed by atoms with van der Waals surface area (Å²) >= 11 is 0. The summed E-state index contributed by atoms with van der Waals surface area (Å²) < 4.78 is 0. The molecular formula is C15H24N2O. The number of rotatable bonds is 6. The second kappa shape index (κ2) is 7.17. The number of carbonyl (C=O) groups is 1. The van der Waals surface area contributed by atoms with Crippen molar-refractivity contribution in [2.45, 2.75) is 39.8 Å². The van der Waals surface area contributed by atoms with E-state index in [1.807, 2.05) is 30.0 Å². The maximum Gasteiger partial charge on any atom is 0.225 e. The molecule has 0 fully saturated rings. The molecule has 0 saturated heterocycles. The number of hydrogen-bond donors (Lipinski definition) is 1. The number of amides is 1. The number of hydrogen-bond acceptors (Lipinski definition) is 2. The van der Waals surface area contributed by atoms with Gasteiger partial charge in [-0.15, -0.1) is 0 Å². The van der Waals surface area contributed by atoms with Crippen molar-refractivity contribution in [3.05, 3.63) is 35.9 Å². The summed E-state index contributed by atoms with van der Waals surface area (Å²) in [6.45, 7) is 7.29. The Kier molecular flexibility index (Phi) is 5.86. The molecule has 18 heavy (non-hydrogen) atoms. The summed E-state index contributed by atoms with van der Waals surface area (Å²) in [6.07, 6.45) is 0.747. The molecule has 1 rings (SSSR count). The summed E-state index contributed by atoms with van der Waals surface area (Å²) in [4.78, 5) is 14.3. The standard InChI is InChI=1S/C15H24N2O/c1-12(2)17(15(18)13(3)9-10-16)11-14-7-5-4-6-8-14/h4-8,12-13H,9-11,16H2,1-3H3. The molecule has 0 saturated carbocycles. The first-order valence-corrected chi connectivity index (χ1v) is 6.60. The third-order valence-corrected chi connectivity index (χ3v) is 3.12. The summed E-state index contributed by atoms with van der Waals surface area (Å²) in [5.41, 5.74) is 6.69. The van der Waals surface area contributed by atoms with Crippen molar-refractivity contribution < 1.29 is 4.79 Å². The zero-order chi connectivity index (χ0) is 13.5. The normalized spacial score (nSPS) is 12.5. The predicted molar refractivity (Wildman–Crippen MR) is 75.0 cm³/mol. The topological polar surface area (TPSA) is 46.3 Å². The van der Waals surface area contributed by atoms with E-state index in [4.69, 9.17) is 5.73 Å². The summed E-state index contributed by atoms with van der Waals surface area (Å²) in [7, 11) is 0. The number of carbonyl (C=O) groups excluding carboxylic acids is 1. The molecule has 3 nitrogen and oxygen atoms in total. The number of nitrogens with two attached hydrogens (primary N) is 1. The number of benzene rings is 1. The minimum atomic E-state index is 0.00103. The highest BCUT2D eigenvalue weighted by atomic mass is 16.2. The van der Waals surface area contributed by atoms with Gasteiger partial charge in [-0.25, -0.2) is 0 Å². The van der Waals surface area contributed by atoms with Crippen LogP contribution < -0.4 is 5.73 Å². The van der Waals surface area contributed by atoms with Gasteiger partial charge in [-0.2, -0.15) is 0 Å². The van der Waals surface area contributed by atoms with Crippen molar-refractivity contribution in [1.29, 1.82) is 0 Å². The van der Waals surface area contributed by atoms with Gasteiger partial charge in [0.05, 0.1) is 0 Å². The molecular weight excluding hydrogens is 224 g/mol. The van der Waals surface area contributed by atoms with E-state index in [0.717, 1.165) is 6.42 Å². The molecule has 0 aliphatic carbocycles. The Hall–Kier alpha value is -1.35. The lowest BCUT2D eigenvalue weighted by molar-refractivity contribution is -0.137. The Morgan fingerprint density at radius 2 is 1.83 bits per heavy atom. The number of nitrogens with zero attached hydrogens (tertiary/aromatic N) is 1.